The number of H-pyrrole nitrogens is 1. The van der Waals surface area contributed by atoms with Crippen LogP contribution in [-0.2, 0) is 6.18 Å². The van der Waals surface area contributed by atoms with Crippen LogP contribution >= 0.6 is 11.6 Å². The predicted octanol–water partition coefficient (Wildman–Crippen LogP) is 2.60. The Balaban J connectivity index is 2.85. The molecule has 3 nitrogen and oxygen atoms in total. The molecular formula is C9H4ClF3N2O. The van der Waals surface area contributed by atoms with Gasteiger partial charge in [0, 0.05) is 0 Å². The number of fused-ring (bicyclic) bond motifs is 1. The molecule has 1 aromatic carbocycles. The Kier molecular flexibility index (Phi) is 2.38. The van der Waals surface area contributed by atoms with E-state index in [2.05, 4.69) is 9.97 Å². The van der Waals surface area contributed by atoms with Gasteiger partial charge in [0.2, 0.25) is 0 Å². The zero-order valence-corrected chi connectivity index (χ0v) is 8.36. The Morgan fingerprint density at radius 3 is 2.62 bits per heavy atom. The van der Waals surface area contributed by atoms with Gasteiger partial charge in [-0.05, 0) is 12.1 Å². The molecule has 0 atom stereocenters. The first-order chi connectivity index (χ1) is 7.39. The molecule has 1 N–H and O–H groups in total. The quantitative estimate of drug-likeness (QED) is 0.779. The van der Waals surface area contributed by atoms with Gasteiger partial charge in [0.05, 0.1) is 27.8 Å². The smallest absolute Gasteiger partial charge is 0.346 e. The standard InChI is InChI=1S/C9H4ClF3N2O/c10-6-2-7-4(8(16)15-3-14-7)1-5(6)9(11,12)13/h1-3H,(H,14,15,16). The summed E-state index contributed by atoms with van der Waals surface area (Å²) < 4.78 is 37.5. The summed E-state index contributed by atoms with van der Waals surface area (Å²) in [5, 5.41) is -0.596. The molecule has 0 aliphatic heterocycles. The topological polar surface area (TPSA) is 45.8 Å². The number of aromatic amines is 1. The summed E-state index contributed by atoms with van der Waals surface area (Å²) >= 11 is 5.48. The number of hydrogen-bond acceptors (Lipinski definition) is 2. The highest BCUT2D eigenvalue weighted by Crippen LogP contribution is 2.35. The second-order valence-electron chi connectivity index (χ2n) is 3.08. The summed E-state index contributed by atoms with van der Waals surface area (Å²) in [6.45, 7) is 0. The molecule has 2 rings (SSSR count). The summed E-state index contributed by atoms with van der Waals surface area (Å²) in [4.78, 5) is 17.1. The number of halogens is 4. The molecular weight excluding hydrogens is 245 g/mol. The van der Waals surface area contributed by atoms with Crippen LogP contribution in [-0.4, -0.2) is 9.97 Å². The molecule has 0 aliphatic carbocycles. The molecule has 2 aromatic rings. The molecule has 0 spiro atoms. The van der Waals surface area contributed by atoms with Gasteiger partial charge in [0.25, 0.3) is 5.56 Å². The molecule has 0 radical (unpaired) electrons. The lowest BCUT2D eigenvalue weighted by Gasteiger charge is -2.09. The van der Waals surface area contributed by atoms with Gasteiger partial charge in [-0.3, -0.25) is 4.79 Å². The number of benzene rings is 1. The normalized spacial score (nSPS) is 12.0. The molecule has 0 saturated carbocycles. The third-order valence-electron chi connectivity index (χ3n) is 2.04. The number of nitrogens with zero attached hydrogens (tertiary/aromatic N) is 1. The Labute approximate surface area is 91.9 Å². The summed E-state index contributed by atoms with van der Waals surface area (Å²) in [6, 6.07) is 1.76. The first kappa shape index (κ1) is 10.9. The number of aromatic nitrogens is 2. The highest BCUT2D eigenvalue weighted by molar-refractivity contribution is 6.32. The number of alkyl halides is 3. The fourth-order valence-corrected chi connectivity index (χ4v) is 1.59. The minimum absolute atomic E-state index is 0.140. The van der Waals surface area contributed by atoms with E-state index < -0.39 is 22.3 Å². The lowest BCUT2D eigenvalue weighted by atomic mass is 10.1. The molecule has 7 heteroatoms. The molecule has 1 heterocycles. The van der Waals surface area contributed by atoms with E-state index in [1.165, 1.54) is 0 Å². The Morgan fingerprint density at radius 1 is 1.31 bits per heavy atom. The second-order valence-corrected chi connectivity index (χ2v) is 3.49. The van der Waals surface area contributed by atoms with Crippen LogP contribution in [0.1, 0.15) is 5.56 Å². The van der Waals surface area contributed by atoms with Crippen molar-refractivity contribution in [2.45, 2.75) is 6.18 Å². The average Bonchev–Trinajstić information content (AvgIpc) is 2.15. The van der Waals surface area contributed by atoms with Crippen molar-refractivity contribution in [3.63, 3.8) is 0 Å². The monoisotopic (exact) mass is 248 g/mol. The van der Waals surface area contributed by atoms with Crippen LogP contribution in [0.4, 0.5) is 13.2 Å². The lowest BCUT2D eigenvalue weighted by Crippen LogP contribution is -2.10. The summed E-state index contributed by atoms with van der Waals surface area (Å²) in [5.74, 6) is 0. The highest BCUT2D eigenvalue weighted by atomic mass is 35.5. The van der Waals surface area contributed by atoms with Gasteiger partial charge in [0.1, 0.15) is 0 Å². The maximum Gasteiger partial charge on any atom is 0.417 e. The van der Waals surface area contributed by atoms with Crippen LogP contribution < -0.4 is 5.56 Å². The van der Waals surface area contributed by atoms with Crippen LogP contribution in [0.2, 0.25) is 5.02 Å². The molecule has 0 unspecified atom stereocenters. The van der Waals surface area contributed by atoms with E-state index >= 15 is 0 Å². The van der Waals surface area contributed by atoms with E-state index in [1.54, 1.807) is 0 Å². The fraction of sp³-hybridized carbons (Fsp3) is 0.111. The third-order valence-corrected chi connectivity index (χ3v) is 2.36. The Bertz CT molecular complexity index is 606. The summed E-state index contributed by atoms with van der Waals surface area (Å²) in [7, 11) is 0. The molecule has 16 heavy (non-hydrogen) atoms. The van der Waals surface area contributed by atoms with E-state index in [1.807, 2.05) is 0 Å². The lowest BCUT2D eigenvalue weighted by molar-refractivity contribution is -0.137. The van der Waals surface area contributed by atoms with Crippen molar-refractivity contribution < 1.29 is 13.2 Å². The van der Waals surface area contributed by atoms with Crippen molar-refractivity contribution in [1.82, 2.24) is 9.97 Å². The van der Waals surface area contributed by atoms with Crippen LogP contribution in [0.25, 0.3) is 10.9 Å². The highest BCUT2D eigenvalue weighted by Gasteiger charge is 2.33. The van der Waals surface area contributed by atoms with Crippen molar-refractivity contribution in [2.24, 2.45) is 0 Å². The third kappa shape index (κ3) is 1.76. The van der Waals surface area contributed by atoms with E-state index in [4.69, 9.17) is 11.6 Å². The largest absolute Gasteiger partial charge is 0.417 e. The van der Waals surface area contributed by atoms with Crippen LogP contribution in [0.15, 0.2) is 23.3 Å². The summed E-state index contributed by atoms with van der Waals surface area (Å²) in [6.07, 6.45) is -3.48. The van der Waals surface area contributed by atoms with Gasteiger partial charge in [-0.25, -0.2) is 0 Å². The maximum absolute atomic E-state index is 12.5. The number of nitrogens with one attached hydrogen (secondary N) is 1. The van der Waals surface area contributed by atoms with Gasteiger partial charge in [-0.15, -0.1) is 0 Å². The predicted molar refractivity (Wildman–Crippen MR) is 52.4 cm³/mol. The van der Waals surface area contributed by atoms with Gasteiger partial charge < -0.3 is 4.98 Å². The SMILES string of the molecule is O=c1nc[nH]c2cc(Cl)c(C(F)(F)F)cc12. The number of hydrogen-bond donors (Lipinski definition) is 1. The molecule has 0 aliphatic rings. The van der Waals surface area contributed by atoms with E-state index in [-0.39, 0.29) is 10.9 Å². The van der Waals surface area contributed by atoms with Crippen molar-refractivity contribution in [3.05, 3.63) is 39.4 Å². The zero-order valence-electron chi connectivity index (χ0n) is 7.60. The first-order valence-electron chi connectivity index (χ1n) is 4.14. The molecule has 1 aromatic heterocycles. The Morgan fingerprint density at radius 2 is 2.00 bits per heavy atom. The molecule has 0 fully saturated rings. The average molecular weight is 249 g/mol. The molecule has 84 valence electrons. The molecule has 0 saturated heterocycles. The summed E-state index contributed by atoms with van der Waals surface area (Å²) in [5.41, 5.74) is -1.55. The maximum atomic E-state index is 12.5. The Hall–Kier alpha value is -1.56. The minimum atomic E-state index is -4.59. The van der Waals surface area contributed by atoms with E-state index in [9.17, 15) is 18.0 Å². The van der Waals surface area contributed by atoms with Crippen LogP contribution in [0.3, 0.4) is 0 Å². The van der Waals surface area contributed by atoms with Gasteiger partial charge in [-0.1, -0.05) is 11.6 Å². The van der Waals surface area contributed by atoms with Gasteiger partial charge in [0.15, 0.2) is 0 Å². The molecule has 0 amide bonds. The van der Waals surface area contributed by atoms with Crippen molar-refractivity contribution >= 4 is 22.5 Å². The van der Waals surface area contributed by atoms with Crippen LogP contribution in [0, 0.1) is 0 Å². The van der Waals surface area contributed by atoms with Crippen molar-refractivity contribution in [3.8, 4) is 0 Å². The van der Waals surface area contributed by atoms with Crippen molar-refractivity contribution in [2.75, 3.05) is 0 Å². The number of rotatable bonds is 0. The minimum Gasteiger partial charge on any atom is -0.346 e. The second kappa shape index (κ2) is 3.48. The zero-order chi connectivity index (χ0) is 11.9. The van der Waals surface area contributed by atoms with Crippen molar-refractivity contribution in [1.29, 1.82) is 0 Å². The first-order valence-corrected chi connectivity index (χ1v) is 4.51. The van der Waals surface area contributed by atoms with Crippen LogP contribution in [0.5, 0.6) is 0 Å². The van der Waals surface area contributed by atoms with Gasteiger partial charge >= 0.3 is 6.18 Å². The van der Waals surface area contributed by atoms with E-state index in [0.29, 0.717) is 6.07 Å². The molecule has 0 bridgehead atoms. The van der Waals surface area contributed by atoms with Gasteiger partial charge in [-0.2, -0.15) is 18.2 Å². The fourth-order valence-electron chi connectivity index (χ4n) is 1.32. The van der Waals surface area contributed by atoms with E-state index in [0.717, 1.165) is 12.4 Å².